The second kappa shape index (κ2) is 4.85. The van der Waals surface area contributed by atoms with Crippen molar-refractivity contribution in [2.24, 2.45) is 23.2 Å². The van der Waals surface area contributed by atoms with Crippen LogP contribution in [0.3, 0.4) is 0 Å². The summed E-state index contributed by atoms with van der Waals surface area (Å²) in [7, 11) is 0. The van der Waals surface area contributed by atoms with Gasteiger partial charge in [-0.2, -0.15) is 5.26 Å². The molecule has 0 spiro atoms. The summed E-state index contributed by atoms with van der Waals surface area (Å²) in [6.07, 6.45) is 12.6. The SMILES string of the molecule is C/C(=C\C(=O)NC1(C#N)CCC1)C12CC3CC(CC(C3)C1)C2. The van der Waals surface area contributed by atoms with Gasteiger partial charge in [-0.1, -0.05) is 5.57 Å². The molecule has 0 aliphatic heterocycles. The lowest BCUT2D eigenvalue weighted by Crippen LogP contribution is -2.52. The van der Waals surface area contributed by atoms with Gasteiger partial charge in [-0.25, -0.2) is 0 Å². The van der Waals surface area contributed by atoms with E-state index in [9.17, 15) is 10.1 Å². The molecule has 0 radical (unpaired) electrons. The molecular weight excluding hydrogens is 272 g/mol. The van der Waals surface area contributed by atoms with E-state index in [1.165, 1.54) is 44.1 Å². The fraction of sp³-hybridized carbons (Fsp3) is 0.789. The minimum absolute atomic E-state index is 0.0468. The van der Waals surface area contributed by atoms with E-state index < -0.39 is 5.54 Å². The van der Waals surface area contributed by atoms with Gasteiger partial charge in [0, 0.05) is 6.08 Å². The standard InChI is InChI=1S/C19H26N2O/c1-13(5-17(22)21-19(12-20)3-2-4-19)18-9-14-6-15(10-18)8-16(7-14)11-18/h5,14-16H,2-4,6-11H2,1H3,(H,21,22)/b13-5+. The van der Waals surface area contributed by atoms with Gasteiger partial charge in [0.15, 0.2) is 0 Å². The third-order valence-electron chi connectivity index (χ3n) is 7.01. The lowest BCUT2D eigenvalue weighted by atomic mass is 9.48. The molecule has 0 saturated heterocycles. The first-order valence-corrected chi connectivity index (χ1v) is 8.95. The summed E-state index contributed by atoms with van der Waals surface area (Å²) in [4.78, 5) is 12.4. The van der Waals surface area contributed by atoms with E-state index in [2.05, 4.69) is 18.3 Å². The number of hydrogen-bond acceptors (Lipinski definition) is 2. The van der Waals surface area contributed by atoms with E-state index in [4.69, 9.17) is 0 Å². The Morgan fingerprint density at radius 2 is 1.68 bits per heavy atom. The first-order valence-electron chi connectivity index (χ1n) is 8.95. The molecule has 1 amide bonds. The van der Waals surface area contributed by atoms with E-state index >= 15 is 0 Å². The van der Waals surface area contributed by atoms with Crippen molar-refractivity contribution in [1.29, 1.82) is 5.26 Å². The van der Waals surface area contributed by atoms with E-state index in [0.29, 0.717) is 5.41 Å². The summed E-state index contributed by atoms with van der Waals surface area (Å²) in [5, 5.41) is 12.2. The maximum atomic E-state index is 12.4. The average Bonchev–Trinajstić information content (AvgIpc) is 2.41. The van der Waals surface area contributed by atoms with Crippen molar-refractivity contribution in [1.82, 2.24) is 5.32 Å². The topological polar surface area (TPSA) is 52.9 Å². The average molecular weight is 298 g/mol. The summed E-state index contributed by atoms with van der Waals surface area (Å²) in [5.41, 5.74) is 0.998. The van der Waals surface area contributed by atoms with Crippen LogP contribution in [0, 0.1) is 34.5 Å². The van der Waals surface area contributed by atoms with Crippen LogP contribution in [-0.4, -0.2) is 11.4 Å². The lowest BCUT2D eigenvalue weighted by Gasteiger charge is -2.57. The van der Waals surface area contributed by atoms with Crippen LogP contribution in [0.25, 0.3) is 0 Å². The molecule has 118 valence electrons. The Morgan fingerprint density at radius 3 is 2.09 bits per heavy atom. The number of carbonyl (C=O) groups is 1. The van der Waals surface area contributed by atoms with Gasteiger partial charge in [0.1, 0.15) is 5.54 Å². The highest BCUT2D eigenvalue weighted by atomic mass is 16.1. The fourth-order valence-electron chi connectivity index (χ4n) is 6.01. The molecule has 0 atom stereocenters. The molecule has 0 unspecified atom stereocenters. The second-order valence-corrected chi connectivity index (χ2v) is 8.56. The largest absolute Gasteiger partial charge is 0.334 e. The van der Waals surface area contributed by atoms with Crippen molar-refractivity contribution < 1.29 is 4.79 Å². The molecule has 5 fully saturated rings. The zero-order valence-electron chi connectivity index (χ0n) is 13.5. The van der Waals surface area contributed by atoms with Gasteiger partial charge < -0.3 is 5.32 Å². The van der Waals surface area contributed by atoms with Gasteiger partial charge in [-0.05, 0) is 87.9 Å². The van der Waals surface area contributed by atoms with Crippen molar-refractivity contribution in [2.45, 2.75) is 70.3 Å². The molecule has 0 aromatic carbocycles. The Kier molecular flexibility index (Phi) is 3.15. The van der Waals surface area contributed by atoms with Crippen molar-refractivity contribution in [3.05, 3.63) is 11.6 Å². The van der Waals surface area contributed by atoms with Crippen LogP contribution in [0.15, 0.2) is 11.6 Å². The minimum atomic E-state index is -0.574. The normalized spacial score (nSPS) is 41.6. The predicted octanol–water partition coefficient (Wildman–Crippen LogP) is 3.71. The van der Waals surface area contributed by atoms with Crippen LogP contribution < -0.4 is 5.32 Å². The number of carbonyl (C=O) groups excluding carboxylic acids is 1. The molecule has 22 heavy (non-hydrogen) atoms. The third-order valence-corrected chi connectivity index (χ3v) is 7.01. The zero-order valence-corrected chi connectivity index (χ0v) is 13.5. The van der Waals surface area contributed by atoms with Crippen LogP contribution in [0.1, 0.15) is 64.7 Å². The van der Waals surface area contributed by atoms with Gasteiger partial charge in [0.05, 0.1) is 6.07 Å². The Balaban J connectivity index is 1.50. The molecule has 5 aliphatic rings. The molecule has 0 heterocycles. The molecule has 3 heteroatoms. The van der Waals surface area contributed by atoms with Crippen molar-refractivity contribution in [3.8, 4) is 6.07 Å². The number of hydrogen-bond donors (Lipinski definition) is 1. The Morgan fingerprint density at radius 1 is 1.14 bits per heavy atom. The van der Waals surface area contributed by atoms with Crippen molar-refractivity contribution >= 4 is 5.91 Å². The number of allylic oxidation sites excluding steroid dienone is 1. The van der Waals surface area contributed by atoms with Crippen LogP contribution in [0.2, 0.25) is 0 Å². The van der Waals surface area contributed by atoms with Gasteiger partial charge in [-0.3, -0.25) is 4.79 Å². The molecular formula is C19H26N2O. The number of rotatable bonds is 3. The maximum absolute atomic E-state index is 12.4. The summed E-state index contributed by atoms with van der Waals surface area (Å²) < 4.78 is 0. The van der Waals surface area contributed by atoms with E-state index in [1.54, 1.807) is 0 Å². The van der Waals surface area contributed by atoms with Crippen LogP contribution in [-0.2, 0) is 4.79 Å². The van der Waals surface area contributed by atoms with Crippen LogP contribution in [0.5, 0.6) is 0 Å². The Bertz CT molecular complexity index is 529. The van der Waals surface area contributed by atoms with Crippen LogP contribution >= 0.6 is 0 Å². The first kappa shape index (κ1) is 14.3. The number of nitrogens with zero attached hydrogens (tertiary/aromatic N) is 1. The number of nitrogens with one attached hydrogen (secondary N) is 1. The smallest absolute Gasteiger partial charge is 0.245 e. The molecule has 3 nitrogen and oxygen atoms in total. The predicted molar refractivity (Wildman–Crippen MR) is 84.7 cm³/mol. The molecule has 0 aromatic rings. The quantitative estimate of drug-likeness (QED) is 0.807. The first-order chi connectivity index (χ1) is 10.5. The molecule has 5 rings (SSSR count). The number of amides is 1. The summed E-state index contributed by atoms with van der Waals surface area (Å²) in [6.45, 7) is 2.16. The lowest BCUT2D eigenvalue weighted by molar-refractivity contribution is -0.118. The Hall–Kier alpha value is -1.30. The summed E-state index contributed by atoms with van der Waals surface area (Å²) in [6, 6.07) is 2.29. The van der Waals surface area contributed by atoms with E-state index in [-0.39, 0.29) is 5.91 Å². The Labute approximate surface area is 133 Å². The van der Waals surface area contributed by atoms with Crippen LogP contribution in [0.4, 0.5) is 0 Å². The van der Waals surface area contributed by atoms with E-state index in [1.807, 2.05) is 6.08 Å². The highest BCUT2D eigenvalue weighted by Gasteiger charge is 2.51. The molecule has 0 aromatic heterocycles. The zero-order chi connectivity index (χ0) is 15.4. The van der Waals surface area contributed by atoms with E-state index in [0.717, 1.165) is 37.0 Å². The molecule has 5 aliphatic carbocycles. The summed E-state index contributed by atoms with van der Waals surface area (Å²) in [5.74, 6) is 2.65. The van der Waals surface area contributed by atoms with Crippen molar-refractivity contribution in [2.75, 3.05) is 0 Å². The highest BCUT2D eigenvalue weighted by molar-refractivity contribution is 5.89. The molecule has 4 bridgehead atoms. The van der Waals surface area contributed by atoms with Gasteiger partial charge in [0.2, 0.25) is 5.91 Å². The molecule has 5 saturated carbocycles. The maximum Gasteiger partial charge on any atom is 0.245 e. The van der Waals surface area contributed by atoms with Gasteiger partial charge in [0.25, 0.3) is 0 Å². The number of nitriles is 1. The third kappa shape index (κ3) is 2.19. The van der Waals surface area contributed by atoms with Crippen molar-refractivity contribution in [3.63, 3.8) is 0 Å². The molecule has 1 N–H and O–H groups in total. The van der Waals surface area contributed by atoms with Gasteiger partial charge in [-0.15, -0.1) is 0 Å². The monoisotopic (exact) mass is 298 g/mol. The fourth-order valence-corrected chi connectivity index (χ4v) is 6.01. The summed E-state index contributed by atoms with van der Waals surface area (Å²) >= 11 is 0. The highest BCUT2D eigenvalue weighted by Crippen LogP contribution is 2.62. The second-order valence-electron chi connectivity index (χ2n) is 8.56. The minimum Gasteiger partial charge on any atom is -0.334 e. The van der Waals surface area contributed by atoms with Gasteiger partial charge >= 0.3 is 0 Å².